The van der Waals surface area contributed by atoms with Crippen LogP contribution in [0.5, 0.6) is 0 Å². The fourth-order valence-corrected chi connectivity index (χ4v) is 3.41. The lowest BCUT2D eigenvalue weighted by atomic mass is 9.91. The van der Waals surface area contributed by atoms with E-state index >= 15 is 0 Å². The first kappa shape index (κ1) is 20.5. The second kappa shape index (κ2) is 11.0. The van der Waals surface area contributed by atoms with Crippen LogP contribution in [0.1, 0.15) is 84.5 Å². The van der Waals surface area contributed by atoms with Gasteiger partial charge in [0, 0.05) is 24.5 Å². The molecule has 0 aromatic heterocycles. The lowest BCUT2D eigenvalue weighted by Crippen LogP contribution is -2.14. The number of rotatable bonds is 10. The van der Waals surface area contributed by atoms with Gasteiger partial charge in [0.2, 0.25) is 0 Å². The number of unbranched alkanes of at least 4 members (excludes halogenated alkanes) is 1. The van der Waals surface area contributed by atoms with E-state index in [1.165, 1.54) is 6.08 Å². The highest BCUT2D eigenvalue weighted by atomic mass is 16.5. The third-order valence-electron chi connectivity index (χ3n) is 5.06. The second-order valence-electron chi connectivity index (χ2n) is 7.23. The Hall–Kier alpha value is -1.84. The highest BCUT2D eigenvalue weighted by molar-refractivity contribution is 5.97. The van der Waals surface area contributed by atoms with Gasteiger partial charge in [-0.15, -0.1) is 0 Å². The maximum atomic E-state index is 12.6. The molecule has 0 saturated carbocycles. The molecule has 0 heterocycles. The minimum absolute atomic E-state index is 0.379. The zero-order chi connectivity index (χ0) is 18.8. The quantitative estimate of drug-likeness (QED) is 0.368. The average molecular weight is 360 g/mol. The third kappa shape index (κ3) is 6.81. The molecule has 144 valence electrons. The molecule has 0 aromatic carbocycles. The standard InChI is InChI=1S/C22H32O4/c1-3-5-10-17(4-2)15-18(22(24)26-20-13-8-9-14-20)16-21(23)25-19-11-6-7-12-19/h11,13,16-17H,3-10,12,14-15H2,1-2H3/b18-16+. The van der Waals surface area contributed by atoms with Gasteiger partial charge in [-0.1, -0.05) is 39.5 Å². The number of esters is 2. The van der Waals surface area contributed by atoms with Crippen molar-refractivity contribution in [2.24, 2.45) is 5.92 Å². The summed E-state index contributed by atoms with van der Waals surface area (Å²) in [6.45, 7) is 4.29. The number of allylic oxidation sites excluding steroid dienone is 4. The van der Waals surface area contributed by atoms with Crippen molar-refractivity contribution in [3.8, 4) is 0 Å². The molecule has 0 aromatic rings. The number of carbonyl (C=O) groups is 2. The van der Waals surface area contributed by atoms with Crippen LogP contribution in [-0.2, 0) is 19.1 Å². The van der Waals surface area contributed by atoms with Crippen molar-refractivity contribution in [1.29, 1.82) is 0 Å². The SMILES string of the molecule is CCCCC(CC)C/C(=C\C(=O)OC1=CCCC1)C(=O)OC1=CCCC1. The van der Waals surface area contributed by atoms with Gasteiger partial charge in [0.05, 0.1) is 0 Å². The molecule has 2 aliphatic carbocycles. The summed E-state index contributed by atoms with van der Waals surface area (Å²) in [7, 11) is 0. The van der Waals surface area contributed by atoms with E-state index in [9.17, 15) is 9.59 Å². The molecule has 0 aliphatic heterocycles. The summed E-state index contributed by atoms with van der Waals surface area (Å²) in [4.78, 5) is 24.9. The highest BCUT2D eigenvalue weighted by Gasteiger charge is 2.21. The monoisotopic (exact) mass is 360 g/mol. The van der Waals surface area contributed by atoms with Gasteiger partial charge in [0.1, 0.15) is 11.5 Å². The van der Waals surface area contributed by atoms with Crippen LogP contribution in [0.4, 0.5) is 0 Å². The first-order chi connectivity index (χ1) is 12.6. The molecule has 0 N–H and O–H groups in total. The van der Waals surface area contributed by atoms with Crippen LogP contribution in [0, 0.1) is 5.92 Å². The summed E-state index contributed by atoms with van der Waals surface area (Å²) in [5.41, 5.74) is 0.435. The molecule has 26 heavy (non-hydrogen) atoms. The van der Waals surface area contributed by atoms with Gasteiger partial charge in [0.15, 0.2) is 0 Å². The zero-order valence-corrected chi connectivity index (χ0v) is 16.2. The largest absolute Gasteiger partial charge is 0.428 e. The summed E-state index contributed by atoms with van der Waals surface area (Å²) < 4.78 is 10.9. The third-order valence-corrected chi connectivity index (χ3v) is 5.06. The Labute approximate surface area is 157 Å². The van der Waals surface area contributed by atoms with Crippen molar-refractivity contribution in [3.05, 3.63) is 35.3 Å². The van der Waals surface area contributed by atoms with E-state index in [1.54, 1.807) is 0 Å². The highest BCUT2D eigenvalue weighted by Crippen LogP contribution is 2.26. The molecular weight excluding hydrogens is 328 g/mol. The van der Waals surface area contributed by atoms with E-state index in [4.69, 9.17) is 9.47 Å². The van der Waals surface area contributed by atoms with Crippen LogP contribution in [-0.4, -0.2) is 11.9 Å². The fraction of sp³-hybridized carbons (Fsp3) is 0.636. The van der Waals surface area contributed by atoms with Crippen molar-refractivity contribution >= 4 is 11.9 Å². The van der Waals surface area contributed by atoms with E-state index in [1.807, 2.05) is 12.2 Å². The van der Waals surface area contributed by atoms with Gasteiger partial charge < -0.3 is 9.47 Å². The Morgan fingerprint density at radius 2 is 1.73 bits per heavy atom. The average Bonchev–Trinajstić information content (AvgIpc) is 3.31. The molecule has 0 amide bonds. The van der Waals surface area contributed by atoms with Gasteiger partial charge in [-0.25, -0.2) is 9.59 Å². The summed E-state index contributed by atoms with van der Waals surface area (Å²) >= 11 is 0. The number of ether oxygens (including phenoxy) is 2. The zero-order valence-electron chi connectivity index (χ0n) is 16.2. The molecule has 0 bridgehead atoms. The van der Waals surface area contributed by atoms with Crippen molar-refractivity contribution in [2.45, 2.75) is 84.5 Å². The molecular formula is C22H32O4. The summed E-state index contributed by atoms with van der Waals surface area (Å²) in [5.74, 6) is 0.968. The normalized spacial score (nSPS) is 18.3. The van der Waals surface area contributed by atoms with Crippen LogP contribution >= 0.6 is 0 Å². The maximum Gasteiger partial charge on any atom is 0.339 e. The molecule has 0 fully saturated rings. The molecule has 2 rings (SSSR count). The van der Waals surface area contributed by atoms with Gasteiger partial charge in [0.25, 0.3) is 0 Å². The Morgan fingerprint density at radius 3 is 2.27 bits per heavy atom. The van der Waals surface area contributed by atoms with Crippen LogP contribution in [0.2, 0.25) is 0 Å². The summed E-state index contributed by atoms with van der Waals surface area (Å²) in [5, 5.41) is 0. The van der Waals surface area contributed by atoms with Crippen LogP contribution in [0.25, 0.3) is 0 Å². The first-order valence-electron chi connectivity index (χ1n) is 10.1. The van der Waals surface area contributed by atoms with E-state index in [0.717, 1.165) is 75.7 Å². The first-order valence-corrected chi connectivity index (χ1v) is 10.1. The smallest absolute Gasteiger partial charge is 0.339 e. The van der Waals surface area contributed by atoms with E-state index in [2.05, 4.69) is 13.8 Å². The Kier molecular flexibility index (Phi) is 8.66. The Balaban J connectivity index is 2.06. The number of hydrogen-bond donors (Lipinski definition) is 0. The molecule has 0 spiro atoms. The number of carbonyl (C=O) groups excluding carboxylic acids is 2. The number of hydrogen-bond acceptors (Lipinski definition) is 4. The van der Waals surface area contributed by atoms with E-state index in [-0.39, 0.29) is 0 Å². The van der Waals surface area contributed by atoms with Crippen molar-refractivity contribution < 1.29 is 19.1 Å². The molecule has 1 unspecified atom stereocenters. The fourth-order valence-electron chi connectivity index (χ4n) is 3.41. The minimum Gasteiger partial charge on any atom is -0.428 e. The van der Waals surface area contributed by atoms with Crippen molar-refractivity contribution in [3.63, 3.8) is 0 Å². The van der Waals surface area contributed by atoms with E-state index in [0.29, 0.717) is 17.9 Å². The van der Waals surface area contributed by atoms with Crippen LogP contribution in [0.3, 0.4) is 0 Å². The molecule has 1 atom stereocenters. The van der Waals surface area contributed by atoms with Crippen LogP contribution in [0.15, 0.2) is 35.3 Å². The second-order valence-corrected chi connectivity index (χ2v) is 7.23. The predicted molar refractivity (Wildman–Crippen MR) is 102 cm³/mol. The molecule has 0 radical (unpaired) electrons. The van der Waals surface area contributed by atoms with Gasteiger partial charge in [-0.05, 0) is 50.2 Å². The van der Waals surface area contributed by atoms with Gasteiger partial charge in [-0.3, -0.25) is 0 Å². The molecule has 0 saturated heterocycles. The van der Waals surface area contributed by atoms with E-state index < -0.39 is 11.9 Å². The molecule has 4 nitrogen and oxygen atoms in total. The van der Waals surface area contributed by atoms with Gasteiger partial charge in [-0.2, -0.15) is 0 Å². The Morgan fingerprint density at radius 1 is 1.08 bits per heavy atom. The van der Waals surface area contributed by atoms with Crippen molar-refractivity contribution in [2.75, 3.05) is 0 Å². The Bertz CT molecular complexity index is 583. The minimum atomic E-state index is -0.462. The summed E-state index contributed by atoms with van der Waals surface area (Å²) in [6.07, 6.45) is 15.6. The lowest BCUT2D eigenvalue weighted by molar-refractivity contribution is -0.137. The lowest BCUT2D eigenvalue weighted by Gasteiger charge is -2.16. The van der Waals surface area contributed by atoms with Crippen LogP contribution < -0.4 is 0 Å². The van der Waals surface area contributed by atoms with Gasteiger partial charge >= 0.3 is 11.9 Å². The predicted octanol–water partition coefficient (Wildman–Crippen LogP) is 5.74. The molecule has 4 heteroatoms. The maximum absolute atomic E-state index is 12.6. The summed E-state index contributed by atoms with van der Waals surface area (Å²) in [6, 6.07) is 0. The molecule has 2 aliphatic rings. The van der Waals surface area contributed by atoms with Crippen molar-refractivity contribution in [1.82, 2.24) is 0 Å². The topological polar surface area (TPSA) is 52.6 Å².